The lowest BCUT2D eigenvalue weighted by Crippen LogP contribution is -2.16. The predicted octanol–water partition coefficient (Wildman–Crippen LogP) is 4.75. The van der Waals surface area contributed by atoms with Crippen molar-refractivity contribution in [3.8, 4) is 0 Å². The molecular weight excluding hydrogens is 346 g/mol. The molecule has 0 spiro atoms. The van der Waals surface area contributed by atoms with Crippen molar-refractivity contribution < 1.29 is 0 Å². The number of rotatable bonds is 4. The van der Waals surface area contributed by atoms with E-state index in [0.29, 0.717) is 0 Å². The maximum absolute atomic E-state index is 4.52. The molecule has 3 rings (SSSR count). The van der Waals surface area contributed by atoms with Gasteiger partial charge in [-0.1, -0.05) is 28.1 Å². The third-order valence-electron chi connectivity index (χ3n) is 3.44. The summed E-state index contributed by atoms with van der Waals surface area (Å²) in [4.78, 5) is 5.77. The molecule has 0 saturated heterocycles. The van der Waals surface area contributed by atoms with Crippen LogP contribution in [0.1, 0.15) is 22.3 Å². The van der Waals surface area contributed by atoms with Gasteiger partial charge in [-0.05, 0) is 36.1 Å². The molecule has 0 radical (unpaired) electrons. The van der Waals surface area contributed by atoms with Crippen LogP contribution in [-0.2, 0) is 7.05 Å². The molecule has 2 heterocycles. The second-order valence-electron chi connectivity index (χ2n) is 4.95. The lowest BCUT2D eigenvalue weighted by Gasteiger charge is -2.20. The molecule has 108 valence electrons. The fraction of sp³-hybridized carbons (Fsp3) is 0.188. The largest absolute Gasteiger partial charge is 0.371 e. The van der Waals surface area contributed by atoms with E-state index in [1.807, 2.05) is 19.4 Å². The van der Waals surface area contributed by atoms with Gasteiger partial charge in [-0.15, -0.1) is 11.3 Å². The molecule has 0 saturated carbocycles. The minimum Gasteiger partial charge on any atom is -0.371 e. The van der Waals surface area contributed by atoms with Crippen molar-refractivity contribution in [1.82, 2.24) is 9.55 Å². The van der Waals surface area contributed by atoms with E-state index in [2.05, 4.69) is 73.4 Å². The van der Waals surface area contributed by atoms with Crippen LogP contribution in [0.3, 0.4) is 0 Å². The van der Waals surface area contributed by atoms with Crippen molar-refractivity contribution in [3.63, 3.8) is 0 Å². The molecule has 3 aromatic rings. The first-order valence-electron chi connectivity index (χ1n) is 6.68. The number of benzene rings is 1. The van der Waals surface area contributed by atoms with Crippen molar-refractivity contribution in [2.75, 3.05) is 5.32 Å². The van der Waals surface area contributed by atoms with Crippen LogP contribution < -0.4 is 5.32 Å². The molecule has 0 aliphatic carbocycles. The lowest BCUT2D eigenvalue weighted by molar-refractivity contribution is 0.756. The van der Waals surface area contributed by atoms with Crippen molar-refractivity contribution in [2.45, 2.75) is 13.0 Å². The van der Waals surface area contributed by atoms with E-state index in [9.17, 15) is 0 Å². The Morgan fingerprint density at radius 3 is 2.86 bits per heavy atom. The number of hydrogen-bond acceptors (Lipinski definition) is 3. The fourth-order valence-electron chi connectivity index (χ4n) is 2.28. The third-order valence-corrected chi connectivity index (χ3v) is 4.87. The minimum absolute atomic E-state index is 0.0537. The Morgan fingerprint density at radius 2 is 2.19 bits per heavy atom. The van der Waals surface area contributed by atoms with Gasteiger partial charge in [0, 0.05) is 34.5 Å². The van der Waals surface area contributed by atoms with Crippen molar-refractivity contribution in [2.24, 2.45) is 7.05 Å². The van der Waals surface area contributed by atoms with Gasteiger partial charge >= 0.3 is 0 Å². The van der Waals surface area contributed by atoms with E-state index in [1.54, 1.807) is 11.3 Å². The Kier molecular flexibility index (Phi) is 4.12. The molecule has 0 aliphatic heterocycles. The molecule has 0 amide bonds. The highest BCUT2D eigenvalue weighted by atomic mass is 79.9. The van der Waals surface area contributed by atoms with E-state index in [4.69, 9.17) is 0 Å². The quantitative estimate of drug-likeness (QED) is 0.726. The normalized spacial score (nSPS) is 12.3. The van der Waals surface area contributed by atoms with Gasteiger partial charge in [-0.3, -0.25) is 0 Å². The van der Waals surface area contributed by atoms with E-state index in [1.165, 1.54) is 10.4 Å². The average Bonchev–Trinajstić information content (AvgIpc) is 3.11. The van der Waals surface area contributed by atoms with Gasteiger partial charge in [0.25, 0.3) is 0 Å². The molecule has 3 nitrogen and oxygen atoms in total. The molecule has 0 fully saturated rings. The number of anilines is 1. The van der Waals surface area contributed by atoms with Crippen LogP contribution in [0.5, 0.6) is 0 Å². The van der Waals surface area contributed by atoms with Gasteiger partial charge in [0.15, 0.2) is 0 Å². The molecule has 0 aliphatic rings. The number of hydrogen-bond donors (Lipinski definition) is 1. The molecular formula is C16H16BrN3S. The van der Waals surface area contributed by atoms with E-state index in [-0.39, 0.29) is 6.04 Å². The number of aromatic nitrogens is 2. The van der Waals surface area contributed by atoms with E-state index >= 15 is 0 Å². The second kappa shape index (κ2) is 6.03. The first-order valence-corrected chi connectivity index (χ1v) is 8.36. The predicted molar refractivity (Wildman–Crippen MR) is 91.9 cm³/mol. The van der Waals surface area contributed by atoms with Crippen LogP contribution >= 0.6 is 27.3 Å². The summed E-state index contributed by atoms with van der Waals surface area (Å²) in [7, 11) is 2.03. The van der Waals surface area contributed by atoms with Crippen LogP contribution in [0.25, 0.3) is 0 Å². The minimum atomic E-state index is 0.0537. The van der Waals surface area contributed by atoms with Gasteiger partial charge in [-0.2, -0.15) is 0 Å². The second-order valence-corrected chi connectivity index (χ2v) is 6.84. The zero-order valence-corrected chi connectivity index (χ0v) is 14.3. The molecule has 5 heteroatoms. The van der Waals surface area contributed by atoms with Gasteiger partial charge in [0.1, 0.15) is 11.9 Å². The van der Waals surface area contributed by atoms with Crippen LogP contribution in [0.15, 0.2) is 52.6 Å². The lowest BCUT2D eigenvalue weighted by atomic mass is 10.1. The van der Waals surface area contributed by atoms with Gasteiger partial charge in [0.2, 0.25) is 0 Å². The Balaban J connectivity index is 2.01. The number of thiophene rings is 1. The molecule has 1 atom stereocenters. The van der Waals surface area contributed by atoms with Crippen molar-refractivity contribution in [3.05, 3.63) is 68.8 Å². The summed E-state index contributed by atoms with van der Waals surface area (Å²) in [5.74, 6) is 1.01. The van der Waals surface area contributed by atoms with E-state index < -0.39 is 0 Å². The average molecular weight is 362 g/mol. The summed E-state index contributed by atoms with van der Waals surface area (Å²) in [5, 5.41) is 5.73. The number of halogens is 1. The fourth-order valence-corrected chi connectivity index (χ4v) is 3.41. The maximum Gasteiger partial charge on any atom is 0.136 e. The highest BCUT2D eigenvalue weighted by molar-refractivity contribution is 9.10. The Hall–Kier alpha value is -1.59. The maximum atomic E-state index is 4.52. The van der Waals surface area contributed by atoms with Gasteiger partial charge in [-0.25, -0.2) is 4.98 Å². The Bertz CT molecular complexity index is 734. The molecule has 2 aromatic heterocycles. The van der Waals surface area contributed by atoms with Gasteiger partial charge < -0.3 is 9.88 Å². The molecule has 1 aromatic carbocycles. The molecule has 0 bridgehead atoms. The highest BCUT2D eigenvalue weighted by Gasteiger charge is 2.20. The molecule has 21 heavy (non-hydrogen) atoms. The summed E-state index contributed by atoms with van der Waals surface area (Å²) < 4.78 is 3.13. The van der Waals surface area contributed by atoms with E-state index in [0.717, 1.165) is 16.0 Å². The zero-order chi connectivity index (χ0) is 14.8. The SMILES string of the molecule is Cc1ccc(Br)cc1NC(c1cccs1)c1nccn1C. The first-order chi connectivity index (χ1) is 10.1. The Labute approximate surface area is 136 Å². The van der Waals surface area contributed by atoms with Crippen LogP contribution in [0, 0.1) is 6.92 Å². The summed E-state index contributed by atoms with van der Waals surface area (Å²) in [6, 6.07) is 10.5. The topological polar surface area (TPSA) is 29.9 Å². The number of nitrogens with one attached hydrogen (secondary N) is 1. The standard InChI is InChI=1S/C16H16BrN3S/c1-11-5-6-12(17)10-13(11)19-15(14-4-3-9-21-14)16-18-7-8-20(16)2/h3-10,15,19H,1-2H3. The van der Waals surface area contributed by atoms with Gasteiger partial charge in [0.05, 0.1) is 0 Å². The summed E-state index contributed by atoms with van der Waals surface area (Å²) >= 11 is 5.28. The van der Waals surface area contributed by atoms with Crippen molar-refractivity contribution in [1.29, 1.82) is 0 Å². The molecule has 1 N–H and O–H groups in total. The third kappa shape index (κ3) is 3.04. The van der Waals surface area contributed by atoms with Crippen LogP contribution in [0.4, 0.5) is 5.69 Å². The summed E-state index contributed by atoms with van der Waals surface area (Å²) in [5.41, 5.74) is 2.33. The smallest absolute Gasteiger partial charge is 0.136 e. The summed E-state index contributed by atoms with van der Waals surface area (Å²) in [6.07, 6.45) is 3.82. The summed E-state index contributed by atoms with van der Waals surface area (Å²) in [6.45, 7) is 2.11. The highest BCUT2D eigenvalue weighted by Crippen LogP contribution is 2.31. The van der Waals surface area contributed by atoms with Crippen LogP contribution in [0.2, 0.25) is 0 Å². The van der Waals surface area contributed by atoms with Crippen LogP contribution in [-0.4, -0.2) is 9.55 Å². The number of aryl methyl sites for hydroxylation is 2. The van der Waals surface area contributed by atoms with Crippen molar-refractivity contribution >= 4 is 33.0 Å². The number of imidazole rings is 1. The number of nitrogens with zero attached hydrogens (tertiary/aromatic N) is 2. The Morgan fingerprint density at radius 1 is 1.33 bits per heavy atom. The molecule has 1 unspecified atom stereocenters. The monoisotopic (exact) mass is 361 g/mol. The first kappa shape index (κ1) is 14.4. The zero-order valence-electron chi connectivity index (χ0n) is 11.9.